The number of anilines is 2. The number of amides is 1. The predicted octanol–water partition coefficient (Wildman–Crippen LogP) is 3.95. The fourth-order valence-electron chi connectivity index (χ4n) is 4.04. The zero-order chi connectivity index (χ0) is 23.4. The van der Waals surface area contributed by atoms with Crippen LogP contribution in [0.3, 0.4) is 0 Å². The molecular formula is C24H27N5O4. The fourth-order valence-corrected chi connectivity index (χ4v) is 4.04. The summed E-state index contributed by atoms with van der Waals surface area (Å²) in [7, 11) is 1.34. The second-order valence-corrected chi connectivity index (χ2v) is 8.12. The summed E-state index contributed by atoms with van der Waals surface area (Å²) in [5.74, 6) is -0.247. The SMILES string of the molecule is COC(=O)c1ccncc1Nc1cnn([C@@H]2CN(C(=O)OCc3ccccc3)C[C@H]2C)c1C. The largest absolute Gasteiger partial charge is 0.465 e. The molecule has 1 N–H and O–H groups in total. The van der Waals surface area contributed by atoms with Crippen LogP contribution in [0, 0.1) is 12.8 Å². The minimum atomic E-state index is -0.445. The summed E-state index contributed by atoms with van der Waals surface area (Å²) in [6.45, 7) is 5.40. The minimum Gasteiger partial charge on any atom is -0.465 e. The molecule has 1 aromatic carbocycles. The average molecular weight is 450 g/mol. The molecule has 1 amide bonds. The molecule has 2 aromatic heterocycles. The summed E-state index contributed by atoms with van der Waals surface area (Å²) in [4.78, 5) is 30.5. The van der Waals surface area contributed by atoms with Crippen molar-refractivity contribution >= 4 is 23.4 Å². The van der Waals surface area contributed by atoms with Crippen molar-refractivity contribution in [1.29, 1.82) is 0 Å². The van der Waals surface area contributed by atoms with E-state index in [0.717, 1.165) is 16.9 Å². The summed E-state index contributed by atoms with van der Waals surface area (Å²) < 4.78 is 12.3. The molecule has 9 nitrogen and oxygen atoms in total. The first-order valence-corrected chi connectivity index (χ1v) is 10.8. The molecule has 0 unspecified atom stereocenters. The van der Waals surface area contributed by atoms with Gasteiger partial charge < -0.3 is 19.7 Å². The Morgan fingerprint density at radius 2 is 1.91 bits per heavy atom. The van der Waals surface area contributed by atoms with Gasteiger partial charge in [-0.05, 0) is 24.5 Å². The van der Waals surface area contributed by atoms with Gasteiger partial charge >= 0.3 is 12.1 Å². The molecule has 0 saturated carbocycles. The Labute approximate surface area is 192 Å². The smallest absolute Gasteiger partial charge is 0.410 e. The van der Waals surface area contributed by atoms with E-state index in [9.17, 15) is 9.59 Å². The van der Waals surface area contributed by atoms with Crippen molar-refractivity contribution in [3.63, 3.8) is 0 Å². The minimum absolute atomic E-state index is 0.0128. The van der Waals surface area contributed by atoms with Crippen molar-refractivity contribution < 1.29 is 19.1 Å². The van der Waals surface area contributed by atoms with E-state index >= 15 is 0 Å². The van der Waals surface area contributed by atoms with E-state index in [4.69, 9.17) is 9.47 Å². The number of likely N-dealkylation sites (tertiary alicyclic amines) is 1. The quantitative estimate of drug-likeness (QED) is 0.569. The van der Waals surface area contributed by atoms with Crippen LogP contribution in [-0.2, 0) is 16.1 Å². The van der Waals surface area contributed by atoms with Crippen LogP contribution in [0.15, 0.2) is 55.0 Å². The highest BCUT2D eigenvalue weighted by Gasteiger charge is 2.36. The number of carbonyl (C=O) groups is 2. The van der Waals surface area contributed by atoms with Crippen molar-refractivity contribution in [2.75, 3.05) is 25.5 Å². The topological polar surface area (TPSA) is 98.6 Å². The third-order valence-corrected chi connectivity index (χ3v) is 5.89. The van der Waals surface area contributed by atoms with Gasteiger partial charge in [-0.1, -0.05) is 37.3 Å². The molecule has 4 rings (SSSR count). The molecule has 0 bridgehead atoms. The molecule has 172 valence electrons. The van der Waals surface area contributed by atoms with Gasteiger partial charge in [0.15, 0.2) is 0 Å². The number of benzene rings is 1. The van der Waals surface area contributed by atoms with Crippen molar-refractivity contribution in [3.8, 4) is 0 Å². The van der Waals surface area contributed by atoms with Gasteiger partial charge in [-0.25, -0.2) is 9.59 Å². The zero-order valence-corrected chi connectivity index (χ0v) is 18.9. The lowest BCUT2D eigenvalue weighted by Gasteiger charge is -2.18. The van der Waals surface area contributed by atoms with Gasteiger partial charge in [0.25, 0.3) is 0 Å². The maximum absolute atomic E-state index is 12.6. The van der Waals surface area contributed by atoms with Crippen LogP contribution < -0.4 is 5.32 Å². The number of nitrogens with one attached hydrogen (secondary N) is 1. The predicted molar refractivity (Wildman–Crippen MR) is 122 cm³/mol. The Kier molecular flexibility index (Phi) is 6.58. The number of pyridine rings is 1. The van der Waals surface area contributed by atoms with E-state index in [2.05, 4.69) is 22.3 Å². The van der Waals surface area contributed by atoms with E-state index in [1.165, 1.54) is 7.11 Å². The molecule has 0 spiro atoms. The van der Waals surface area contributed by atoms with Gasteiger partial charge in [0.2, 0.25) is 0 Å². The number of hydrogen-bond donors (Lipinski definition) is 1. The van der Waals surface area contributed by atoms with E-state index in [1.54, 1.807) is 29.6 Å². The molecule has 33 heavy (non-hydrogen) atoms. The van der Waals surface area contributed by atoms with Crippen LogP contribution in [0.2, 0.25) is 0 Å². The Morgan fingerprint density at radius 3 is 2.67 bits per heavy atom. The molecule has 1 aliphatic rings. The van der Waals surface area contributed by atoms with E-state index < -0.39 is 5.97 Å². The molecule has 1 saturated heterocycles. The maximum Gasteiger partial charge on any atom is 0.410 e. The fraction of sp³-hybridized carbons (Fsp3) is 0.333. The van der Waals surface area contributed by atoms with E-state index in [1.807, 2.05) is 41.9 Å². The standard InChI is InChI=1S/C24H27N5O4/c1-16-13-28(24(31)33-15-18-7-5-4-6-8-18)14-22(16)29-17(2)20(12-26-29)27-21-11-25-10-9-19(21)23(30)32-3/h4-12,16,22,27H,13-15H2,1-3H3/t16-,22-/m1/s1. The second kappa shape index (κ2) is 9.72. The lowest BCUT2D eigenvalue weighted by Crippen LogP contribution is -2.30. The summed E-state index contributed by atoms with van der Waals surface area (Å²) in [5.41, 5.74) is 3.53. The highest BCUT2D eigenvalue weighted by atomic mass is 16.6. The van der Waals surface area contributed by atoms with Crippen molar-refractivity contribution in [1.82, 2.24) is 19.7 Å². The third kappa shape index (κ3) is 4.82. The van der Waals surface area contributed by atoms with Crippen LogP contribution in [0.5, 0.6) is 0 Å². The molecule has 0 aliphatic carbocycles. The monoisotopic (exact) mass is 449 g/mol. The molecule has 0 radical (unpaired) electrons. The normalized spacial score (nSPS) is 17.6. The first-order valence-electron chi connectivity index (χ1n) is 10.8. The molecule has 1 aliphatic heterocycles. The number of methoxy groups -OCH3 is 1. The van der Waals surface area contributed by atoms with Gasteiger partial charge in [-0.15, -0.1) is 0 Å². The Balaban J connectivity index is 1.44. The summed E-state index contributed by atoms with van der Waals surface area (Å²) in [5, 5.41) is 7.80. The van der Waals surface area contributed by atoms with Crippen LogP contribution in [0.25, 0.3) is 0 Å². The van der Waals surface area contributed by atoms with Gasteiger partial charge in [-0.3, -0.25) is 9.67 Å². The van der Waals surface area contributed by atoms with Crippen molar-refractivity contribution in [2.45, 2.75) is 26.5 Å². The van der Waals surface area contributed by atoms with Crippen LogP contribution in [-0.4, -0.2) is 51.9 Å². The van der Waals surface area contributed by atoms with E-state index in [-0.39, 0.29) is 24.7 Å². The highest BCUT2D eigenvalue weighted by Crippen LogP contribution is 2.32. The average Bonchev–Trinajstić information content (AvgIpc) is 3.40. The number of carbonyl (C=O) groups excluding carboxylic acids is 2. The molecule has 2 atom stereocenters. The second-order valence-electron chi connectivity index (χ2n) is 8.12. The molecule has 9 heteroatoms. The number of nitrogens with zero attached hydrogens (tertiary/aromatic N) is 4. The Hall–Kier alpha value is -3.88. The first-order chi connectivity index (χ1) is 16.0. The van der Waals surface area contributed by atoms with Crippen molar-refractivity contribution in [2.24, 2.45) is 5.92 Å². The molecule has 3 aromatic rings. The maximum atomic E-state index is 12.6. The van der Waals surface area contributed by atoms with Gasteiger partial charge in [0.1, 0.15) is 6.61 Å². The number of hydrogen-bond acceptors (Lipinski definition) is 7. The summed E-state index contributed by atoms with van der Waals surface area (Å²) in [6, 6.07) is 11.2. The van der Waals surface area contributed by atoms with Crippen LogP contribution >= 0.6 is 0 Å². The molecular weight excluding hydrogens is 422 g/mol. The zero-order valence-electron chi connectivity index (χ0n) is 18.9. The number of esters is 1. The third-order valence-electron chi connectivity index (χ3n) is 5.89. The summed E-state index contributed by atoms with van der Waals surface area (Å²) >= 11 is 0. The van der Waals surface area contributed by atoms with Gasteiger partial charge in [0.05, 0.1) is 48.2 Å². The van der Waals surface area contributed by atoms with Gasteiger partial charge in [0, 0.05) is 19.3 Å². The van der Waals surface area contributed by atoms with Gasteiger partial charge in [-0.2, -0.15) is 5.10 Å². The molecule has 1 fully saturated rings. The number of ether oxygens (including phenoxy) is 2. The lowest BCUT2D eigenvalue weighted by molar-refractivity contribution is 0.0601. The molecule has 3 heterocycles. The first kappa shape index (κ1) is 22.3. The van der Waals surface area contributed by atoms with E-state index in [0.29, 0.717) is 24.3 Å². The number of aromatic nitrogens is 3. The number of rotatable bonds is 6. The van der Waals surface area contributed by atoms with Crippen LogP contribution in [0.1, 0.15) is 34.6 Å². The van der Waals surface area contributed by atoms with Crippen molar-refractivity contribution in [3.05, 3.63) is 71.8 Å². The van der Waals surface area contributed by atoms with Crippen LogP contribution in [0.4, 0.5) is 16.2 Å². The Morgan fingerprint density at radius 1 is 1.12 bits per heavy atom. The summed E-state index contributed by atoms with van der Waals surface area (Å²) in [6.07, 6.45) is 4.51. The lowest BCUT2D eigenvalue weighted by atomic mass is 10.1. The highest BCUT2D eigenvalue weighted by molar-refractivity contribution is 5.96. The Bertz CT molecular complexity index is 1130.